The molecular formula is C18H14N6OS. The molecule has 0 bridgehead atoms. The molecule has 0 unspecified atom stereocenters. The van der Waals surface area contributed by atoms with E-state index in [0.29, 0.717) is 5.69 Å². The first kappa shape index (κ1) is 16.1. The molecule has 8 heteroatoms. The third-order valence-corrected chi connectivity index (χ3v) is 4.59. The third-order valence-electron chi connectivity index (χ3n) is 3.65. The van der Waals surface area contributed by atoms with Crippen LogP contribution in [0.25, 0.3) is 16.3 Å². The van der Waals surface area contributed by atoms with E-state index in [2.05, 4.69) is 25.4 Å². The minimum atomic E-state index is -0.138. The van der Waals surface area contributed by atoms with Crippen LogP contribution in [0.1, 0.15) is 5.69 Å². The molecule has 1 aromatic carbocycles. The van der Waals surface area contributed by atoms with Gasteiger partial charge < -0.3 is 5.32 Å². The van der Waals surface area contributed by atoms with Gasteiger partial charge >= 0.3 is 0 Å². The van der Waals surface area contributed by atoms with Crippen LogP contribution in [0.2, 0.25) is 0 Å². The Labute approximate surface area is 153 Å². The van der Waals surface area contributed by atoms with E-state index in [1.54, 1.807) is 23.4 Å². The molecular weight excluding hydrogens is 348 g/mol. The zero-order valence-corrected chi connectivity index (χ0v) is 14.4. The van der Waals surface area contributed by atoms with E-state index in [4.69, 9.17) is 0 Å². The standard InChI is InChI=1S/C18H14N6OS/c25-17(8-14-10-26-18(22-14)13-4-3-7-19-9-13)23-15-5-1-2-6-16(15)24-12-20-11-21-24/h1-7,9-12H,8H2,(H,23,25). The normalized spacial score (nSPS) is 10.6. The quantitative estimate of drug-likeness (QED) is 0.590. The van der Waals surface area contributed by atoms with Crippen molar-refractivity contribution in [3.8, 4) is 16.3 Å². The van der Waals surface area contributed by atoms with E-state index < -0.39 is 0 Å². The predicted octanol–water partition coefficient (Wildman–Crippen LogP) is 2.97. The number of benzene rings is 1. The van der Waals surface area contributed by atoms with E-state index in [0.717, 1.165) is 22.0 Å². The number of carbonyl (C=O) groups is 1. The number of hydrogen-bond acceptors (Lipinski definition) is 6. The molecule has 4 rings (SSSR count). The monoisotopic (exact) mass is 362 g/mol. The van der Waals surface area contributed by atoms with Crippen LogP contribution in [0, 0.1) is 0 Å². The van der Waals surface area contributed by atoms with Crippen molar-refractivity contribution >= 4 is 22.9 Å². The first-order chi connectivity index (χ1) is 12.8. The minimum Gasteiger partial charge on any atom is -0.324 e. The zero-order chi connectivity index (χ0) is 17.8. The fraction of sp³-hybridized carbons (Fsp3) is 0.0556. The molecule has 4 aromatic rings. The first-order valence-corrected chi connectivity index (χ1v) is 8.76. The van der Waals surface area contributed by atoms with Gasteiger partial charge in [0.2, 0.25) is 5.91 Å². The molecule has 0 saturated heterocycles. The van der Waals surface area contributed by atoms with E-state index in [1.165, 1.54) is 17.7 Å². The molecule has 3 aromatic heterocycles. The second-order valence-electron chi connectivity index (χ2n) is 5.47. The summed E-state index contributed by atoms with van der Waals surface area (Å²) in [4.78, 5) is 25.0. The molecule has 128 valence electrons. The first-order valence-electron chi connectivity index (χ1n) is 7.88. The largest absolute Gasteiger partial charge is 0.324 e. The number of para-hydroxylation sites is 2. The van der Waals surface area contributed by atoms with Gasteiger partial charge in [-0.25, -0.2) is 14.6 Å². The van der Waals surface area contributed by atoms with Gasteiger partial charge in [-0.15, -0.1) is 11.3 Å². The third kappa shape index (κ3) is 3.50. The Balaban J connectivity index is 1.48. The van der Waals surface area contributed by atoms with Crippen LogP contribution < -0.4 is 5.32 Å². The Kier molecular flexibility index (Phi) is 4.48. The van der Waals surface area contributed by atoms with Crippen LogP contribution in [0.3, 0.4) is 0 Å². The van der Waals surface area contributed by atoms with Crippen molar-refractivity contribution in [3.05, 3.63) is 72.5 Å². The number of pyridine rings is 1. The lowest BCUT2D eigenvalue weighted by molar-refractivity contribution is -0.115. The zero-order valence-electron chi connectivity index (χ0n) is 13.6. The number of nitrogens with zero attached hydrogens (tertiary/aromatic N) is 5. The number of nitrogens with one attached hydrogen (secondary N) is 1. The van der Waals surface area contributed by atoms with Crippen LogP contribution in [0.15, 0.2) is 66.8 Å². The summed E-state index contributed by atoms with van der Waals surface area (Å²) in [7, 11) is 0. The second kappa shape index (κ2) is 7.24. The molecule has 7 nitrogen and oxygen atoms in total. The van der Waals surface area contributed by atoms with E-state index in [9.17, 15) is 4.79 Å². The van der Waals surface area contributed by atoms with Gasteiger partial charge in [-0.1, -0.05) is 12.1 Å². The van der Waals surface area contributed by atoms with Gasteiger partial charge in [-0.05, 0) is 24.3 Å². The summed E-state index contributed by atoms with van der Waals surface area (Å²) >= 11 is 1.50. The number of carbonyl (C=O) groups excluding carboxylic acids is 1. The smallest absolute Gasteiger partial charge is 0.230 e. The van der Waals surface area contributed by atoms with Crippen LogP contribution in [-0.4, -0.2) is 30.6 Å². The maximum atomic E-state index is 12.4. The topological polar surface area (TPSA) is 85.6 Å². The number of rotatable bonds is 5. The number of aromatic nitrogens is 5. The predicted molar refractivity (Wildman–Crippen MR) is 99.0 cm³/mol. The highest BCUT2D eigenvalue weighted by Crippen LogP contribution is 2.23. The Bertz CT molecular complexity index is 1010. The molecule has 3 heterocycles. The van der Waals surface area contributed by atoms with Crippen LogP contribution in [0.5, 0.6) is 0 Å². The summed E-state index contributed by atoms with van der Waals surface area (Å²) in [5.74, 6) is -0.138. The summed E-state index contributed by atoms with van der Waals surface area (Å²) in [6.07, 6.45) is 6.72. The lowest BCUT2D eigenvalue weighted by Crippen LogP contribution is -2.16. The minimum absolute atomic E-state index is 0.138. The maximum Gasteiger partial charge on any atom is 0.230 e. The second-order valence-corrected chi connectivity index (χ2v) is 6.33. The lowest BCUT2D eigenvalue weighted by Gasteiger charge is -2.10. The lowest BCUT2D eigenvalue weighted by atomic mass is 10.2. The van der Waals surface area contributed by atoms with Crippen LogP contribution in [0.4, 0.5) is 5.69 Å². The highest BCUT2D eigenvalue weighted by molar-refractivity contribution is 7.13. The van der Waals surface area contributed by atoms with Crippen molar-refractivity contribution < 1.29 is 4.79 Å². The molecule has 0 aliphatic rings. The number of hydrogen-bond donors (Lipinski definition) is 1. The number of thiazole rings is 1. The van der Waals surface area contributed by atoms with Crippen molar-refractivity contribution in [2.75, 3.05) is 5.32 Å². The Morgan fingerprint density at radius 1 is 1.15 bits per heavy atom. The molecule has 1 amide bonds. The highest BCUT2D eigenvalue weighted by atomic mass is 32.1. The molecule has 0 atom stereocenters. The van der Waals surface area contributed by atoms with Gasteiger partial charge in [-0.2, -0.15) is 5.10 Å². The Morgan fingerprint density at radius 3 is 2.88 bits per heavy atom. The van der Waals surface area contributed by atoms with E-state index in [-0.39, 0.29) is 12.3 Å². The molecule has 0 radical (unpaired) electrons. The highest BCUT2D eigenvalue weighted by Gasteiger charge is 2.12. The van der Waals surface area contributed by atoms with Crippen LogP contribution in [-0.2, 0) is 11.2 Å². The van der Waals surface area contributed by atoms with Crippen molar-refractivity contribution in [1.29, 1.82) is 0 Å². The Hall–Kier alpha value is -3.39. The summed E-state index contributed by atoms with van der Waals surface area (Å²) in [6.45, 7) is 0. The molecule has 0 aliphatic heterocycles. The van der Waals surface area contributed by atoms with Gasteiger partial charge in [0, 0.05) is 23.3 Å². The SMILES string of the molecule is O=C(Cc1csc(-c2cccnc2)n1)Nc1ccccc1-n1cncn1. The van der Waals surface area contributed by atoms with E-state index >= 15 is 0 Å². The fourth-order valence-corrected chi connectivity index (χ4v) is 3.29. The van der Waals surface area contributed by atoms with Crippen LogP contribution >= 0.6 is 11.3 Å². The Morgan fingerprint density at radius 2 is 2.08 bits per heavy atom. The van der Waals surface area contributed by atoms with Gasteiger partial charge in [-0.3, -0.25) is 9.78 Å². The van der Waals surface area contributed by atoms with Gasteiger partial charge in [0.1, 0.15) is 17.7 Å². The summed E-state index contributed by atoms with van der Waals surface area (Å²) in [6, 6.07) is 11.3. The maximum absolute atomic E-state index is 12.4. The van der Waals surface area contributed by atoms with Gasteiger partial charge in [0.05, 0.1) is 23.5 Å². The summed E-state index contributed by atoms with van der Waals surface area (Å²) in [5.41, 5.74) is 3.10. The van der Waals surface area contributed by atoms with Crippen molar-refractivity contribution in [3.63, 3.8) is 0 Å². The molecule has 0 fully saturated rings. The molecule has 0 saturated carbocycles. The van der Waals surface area contributed by atoms with Gasteiger partial charge in [0.15, 0.2) is 0 Å². The van der Waals surface area contributed by atoms with E-state index in [1.807, 2.05) is 41.8 Å². The molecule has 26 heavy (non-hydrogen) atoms. The summed E-state index contributed by atoms with van der Waals surface area (Å²) < 4.78 is 1.61. The average Bonchev–Trinajstić information content (AvgIpc) is 3.35. The molecule has 0 spiro atoms. The average molecular weight is 362 g/mol. The summed E-state index contributed by atoms with van der Waals surface area (Å²) in [5, 5.41) is 9.78. The van der Waals surface area contributed by atoms with Crippen molar-refractivity contribution in [2.45, 2.75) is 6.42 Å². The fourth-order valence-electron chi connectivity index (χ4n) is 2.48. The molecule has 0 aliphatic carbocycles. The number of anilines is 1. The molecule has 1 N–H and O–H groups in total. The number of amides is 1. The van der Waals surface area contributed by atoms with Crippen molar-refractivity contribution in [1.82, 2.24) is 24.7 Å². The van der Waals surface area contributed by atoms with Crippen molar-refractivity contribution in [2.24, 2.45) is 0 Å². The van der Waals surface area contributed by atoms with Gasteiger partial charge in [0.25, 0.3) is 0 Å².